The van der Waals surface area contributed by atoms with Crippen molar-refractivity contribution in [1.29, 1.82) is 0 Å². The van der Waals surface area contributed by atoms with Gasteiger partial charge in [0.05, 0.1) is 24.3 Å². The number of hydrogen-bond donors (Lipinski definition) is 0. The summed E-state index contributed by atoms with van der Waals surface area (Å²) in [6.07, 6.45) is 0. The zero-order chi connectivity index (χ0) is 15.2. The van der Waals surface area contributed by atoms with Crippen molar-refractivity contribution in [2.45, 2.75) is 20.1 Å². The van der Waals surface area contributed by atoms with Gasteiger partial charge in [-0.05, 0) is 12.1 Å². The Bertz CT molecular complexity index is 624. The largest absolute Gasteiger partial charge is 0.497 e. The lowest BCUT2D eigenvalue weighted by molar-refractivity contribution is 0.101. The maximum absolute atomic E-state index is 11.6. The van der Waals surface area contributed by atoms with Gasteiger partial charge in [0.25, 0.3) is 0 Å². The first-order chi connectivity index (χ1) is 10.1. The molecule has 0 bridgehead atoms. The normalized spacial score (nSPS) is 10.4. The van der Waals surface area contributed by atoms with Crippen LogP contribution in [0.25, 0.3) is 0 Å². The van der Waals surface area contributed by atoms with Crippen molar-refractivity contribution in [3.63, 3.8) is 0 Å². The zero-order valence-electron chi connectivity index (χ0n) is 12.2. The van der Waals surface area contributed by atoms with E-state index in [0.717, 1.165) is 10.8 Å². The molecule has 1 heterocycles. The molecule has 1 aromatic heterocycles. The summed E-state index contributed by atoms with van der Waals surface area (Å²) in [7, 11) is 3.19. The summed E-state index contributed by atoms with van der Waals surface area (Å²) >= 11 is 1.34. The van der Waals surface area contributed by atoms with Gasteiger partial charge < -0.3 is 14.2 Å². The maximum atomic E-state index is 11.6. The van der Waals surface area contributed by atoms with Gasteiger partial charge in [0, 0.05) is 20.1 Å². The highest BCUT2D eigenvalue weighted by molar-refractivity contribution is 7.13. The monoisotopic (exact) mass is 307 g/mol. The summed E-state index contributed by atoms with van der Waals surface area (Å²) in [5, 5.41) is 0.745. The second-order valence-corrected chi connectivity index (χ2v) is 5.42. The molecule has 0 aliphatic rings. The van der Waals surface area contributed by atoms with Crippen LogP contribution in [0.4, 0.5) is 0 Å². The van der Waals surface area contributed by atoms with Crippen molar-refractivity contribution in [2.75, 3.05) is 14.2 Å². The Balaban J connectivity index is 2.09. The van der Waals surface area contributed by atoms with Crippen LogP contribution in [0.5, 0.6) is 11.5 Å². The quantitative estimate of drug-likeness (QED) is 0.736. The minimum atomic E-state index is -0.00724. The number of aromatic nitrogens is 1. The molecule has 112 valence electrons. The highest BCUT2D eigenvalue weighted by Gasteiger charge is 2.15. The molecule has 2 aromatic rings. The third kappa shape index (κ3) is 4.03. The van der Waals surface area contributed by atoms with Crippen molar-refractivity contribution < 1.29 is 19.0 Å². The molecular formula is C15H17NO4S. The lowest BCUT2D eigenvalue weighted by Crippen LogP contribution is -1.98. The Morgan fingerprint density at radius 2 is 2.00 bits per heavy atom. The molecular weight excluding hydrogens is 290 g/mol. The van der Waals surface area contributed by atoms with E-state index in [0.29, 0.717) is 29.5 Å². The van der Waals surface area contributed by atoms with Crippen molar-refractivity contribution in [3.05, 3.63) is 39.8 Å². The fraction of sp³-hybridized carbons (Fsp3) is 0.333. The fourth-order valence-electron chi connectivity index (χ4n) is 1.81. The molecule has 6 heteroatoms. The van der Waals surface area contributed by atoms with E-state index in [1.165, 1.54) is 18.3 Å². The molecule has 5 nitrogen and oxygen atoms in total. The molecule has 0 aliphatic carbocycles. The minimum Gasteiger partial charge on any atom is -0.497 e. The minimum absolute atomic E-state index is 0.00724. The Kier molecular flexibility index (Phi) is 5.30. The number of thiazole rings is 1. The molecule has 0 atom stereocenters. The Hall–Kier alpha value is -1.92. The van der Waals surface area contributed by atoms with E-state index in [1.807, 2.05) is 18.2 Å². The molecule has 0 saturated heterocycles. The van der Waals surface area contributed by atoms with Gasteiger partial charge in [-0.1, -0.05) is 6.07 Å². The van der Waals surface area contributed by atoms with Gasteiger partial charge in [-0.15, -0.1) is 11.3 Å². The maximum Gasteiger partial charge on any atom is 0.171 e. The Labute approximate surface area is 127 Å². The van der Waals surface area contributed by atoms with E-state index in [-0.39, 0.29) is 5.78 Å². The second kappa shape index (κ2) is 7.19. The van der Waals surface area contributed by atoms with Gasteiger partial charge in [-0.25, -0.2) is 4.98 Å². The number of benzene rings is 1. The summed E-state index contributed by atoms with van der Waals surface area (Å²) in [5.41, 5.74) is 0.666. The second-order valence-electron chi connectivity index (χ2n) is 4.34. The molecule has 0 aliphatic heterocycles. The van der Waals surface area contributed by atoms with Gasteiger partial charge in [0.1, 0.15) is 23.1 Å². The molecule has 0 unspecified atom stereocenters. The highest BCUT2D eigenvalue weighted by atomic mass is 32.1. The standard InChI is InChI=1S/C15H17NO4S/c1-10(17)15-13(8-18-2)16-14(21-15)9-20-12-6-4-5-11(7-12)19-3/h4-7H,8-9H2,1-3H3. The van der Waals surface area contributed by atoms with Crippen LogP contribution < -0.4 is 9.47 Å². The van der Waals surface area contributed by atoms with Gasteiger partial charge in [0.15, 0.2) is 5.78 Å². The number of carbonyl (C=O) groups is 1. The fourth-order valence-corrected chi connectivity index (χ4v) is 2.68. The van der Waals surface area contributed by atoms with Crippen LogP contribution in [-0.4, -0.2) is 25.0 Å². The molecule has 21 heavy (non-hydrogen) atoms. The van der Waals surface area contributed by atoms with Crippen molar-refractivity contribution in [3.8, 4) is 11.5 Å². The van der Waals surface area contributed by atoms with Gasteiger partial charge in [0.2, 0.25) is 0 Å². The molecule has 1 aromatic carbocycles. The van der Waals surface area contributed by atoms with Crippen LogP contribution in [0.15, 0.2) is 24.3 Å². The average Bonchev–Trinajstić information content (AvgIpc) is 2.89. The third-order valence-electron chi connectivity index (χ3n) is 2.75. The number of Topliss-reactive ketones (excluding diaryl/α,β-unsaturated/α-hetero) is 1. The van der Waals surface area contributed by atoms with Gasteiger partial charge >= 0.3 is 0 Å². The molecule has 2 rings (SSSR count). The molecule has 0 amide bonds. The Morgan fingerprint density at radius 1 is 1.24 bits per heavy atom. The first-order valence-corrected chi connectivity index (χ1v) is 7.21. The summed E-state index contributed by atoms with van der Waals surface area (Å²) in [4.78, 5) is 16.6. The van der Waals surface area contributed by atoms with Crippen molar-refractivity contribution in [2.24, 2.45) is 0 Å². The highest BCUT2D eigenvalue weighted by Crippen LogP contribution is 2.23. The number of carbonyl (C=O) groups excluding carboxylic acids is 1. The lowest BCUT2D eigenvalue weighted by atomic mass is 10.3. The summed E-state index contributed by atoms with van der Waals surface area (Å²) in [6.45, 7) is 2.16. The predicted octanol–water partition coefficient (Wildman–Crippen LogP) is 3.08. The number of nitrogens with zero attached hydrogens (tertiary/aromatic N) is 1. The summed E-state index contributed by atoms with van der Waals surface area (Å²) < 4.78 is 15.9. The van der Waals surface area contributed by atoms with Crippen LogP contribution >= 0.6 is 11.3 Å². The van der Waals surface area contributed by atoms with Crippen LogP contribution in [0.2, 0.25) is 0 Å². The van der Waals surface area contributed by atoms with Gasteiger partial charge in [-0.3, -0.25) is 4.79 Å². The number of hydrogen-bond acceptors (Lipinski definition) is 6. The van der Waals surface area contributed by atoms with Crippen LogP contribution in [0.1, 0.15) is 27.3 Å². The SMILES string of the molecule is COCc1nc(COc2cccc(OC)c2)sc1C(C)=O. The van der Waals surface area contributed by atoms with Crippen molar-refractivity contribution in [1.82, 2.24) is 4.98 Å². The van der Waals surface area contributed by atoms with E-state index < -0.39 is 0 Å². The predicted molar refractivity (Wildman–Crippen MR) is 80.2 cm³/mol. The van der Waals surface area contributed by atoms with E-state index in [1.54, 1.807) is 20.3 Å². The molecule has 0 radical (unpaired) electrons. The first-order valence-electron chi connectivity index (χ1n) is 6.39. The van der Waals surface area contributed by atoms with Crippen LogP contribution in [-0.2, 0) is 18.0 Å². The van der Waals surface area contributed by atoms with E-state index in [4.69, 9.17) is 14.2 Å². The molecule has 0 spiro atoms. The Morgan fingerprint density at radius 3 is 2.67 bits per heavy atom. The van der Waals surface area contributed by atoms with Crippen LogP contribution in [0.3, 0.4) is 0 Å². The van der Waals surface area contributed by atoms with E-state index >= 15 is 0 Å². The molecule has 0 N–H and O–H groups in total. The lowest BCUT2D eigenvalue weighted by Gasteiger charge is -2.05. The first kappa shape index (κ1) is 15.5. The van der Waals surface area contributed by atoms with Crippen molar-refractivity contribution >= 4 is 17.1 Å². The summed E-state index contributed by atoms with van der Waals surface area (Å²) in [6, 6.07) is 7.35. The third-order valence-corrected chi connectivity index (χ3v) is 3.92. The number of methoxy groups -OCH3 is 2. The van der Waals surface area contributed by atoms with E-state index in [9.17, 15) is 4.79 Å². The number of ether oxygens (including phenoxy) is 3. The summed E-state index contributed by atoms with van der Waals surface area (Å²) in [5.74, 6) is 1.42. The molecule has 0 fully saturated rings. The molecule has 0 saturated carbocycles. The van der Waals surface area contributed by atoms with Gasteiger partial charge in [-0.2, -0.15) is 0 Å². The zero-order valence-corrected chi connectivity index (χ0v) is 13.0. The van der Waals surface area contributed by atoms with Crippen LogP contribution in [0, 0.1) is 0 Å². The topological polar surface area (TPSA) is 57.6 Å². The number of ketones is 1. The number of rotatable bonds is 7. The average molecular weight is 307 g/mol. The van der Waals surface area contributed by atoms with E-state index in [2.05, 4.69) is 4.98 Å². The smallest absolute Gasteiger partial charge is 0.171 e.